The van der Waals surface area contributed by atoms with Gasteiger partial charge in [-0.15, -0.1) is 0 Å². The van der Waals surface area contributed by atoms with Crippen LogP contribution in [0.1, 0.15) is 34.8 Å². The number of fused-ring (bicyclic) bond motifs is 2. The van der Waals surface area contributed by atoms with Gasteiger partial charge < -0.3 is 15.3 Å². The highest BCUT2D eigenvalue weighted by Gasteiger charge is 2.35. The van der Waals surface area contributed by atoms with Gasteiger partial charge in [0.25, 0.3) is 5.91 Å². The van der Waals surface area contributed by atoms with E-state index in [0.717, 1.165) is 5.56 Å². The van der Waals surface area contributed by atoms with Crippen molar-refractivity contribution < 1.29 is 19.1 Å². The highest BCUT2D eigenvalue weighted by atomic mass is 19.1. The van der Waals surface area contributed by atoms with E-state index >= 15 is 0 Å². The van der Waals surface area contributed by atoms with Gasteiger partial charge in [0, 0.05) is 36.7 Å². The Morgan fingerprint density at radius 3 is 2.75 bits per heavy atom. The molecule has 0 unspecified atom stereocenters. The number of nitrogens with zero attached hydrogens (tertiary/aromatic N) is 2. The molecule has 28 heavy (non-hydrogen) atoms. The lowest BCUT2D eigenvalue weighted by atomic mass is 10.0. The van der Waals surface area contributed by atoms with Crippen LogP contribution in [0.4, 0.5) is 10.1 Å². The van der Waals surface area contributed by atoms with E-state index in [0.29, 0.717) is 16.6 Å². The van der Waals surface area contributed by atoms with Gasteiger partial charge in [-0.2, -0.15) is 0 Å². The zero-order valence-corrected chi connectivity index (χ0v) is 15.2. The molecular weight excluding hydrogens is 361 g/mol. The minimum Gasteiger partial charge on any atom is -0.505 e. The zero-order valence-electron chi connectivity index (χ0n) is 15.2. The van der Waals surface area contributed by atoms with Crippen LogP contribution in [-0.2, 0) is 17.9 Å². The molecule has 2 amide bonds. The lowest BCUT2D eigenvalue weighted by Crippen LogP contribution is -2.23. The number of carbonyl (C=O) groups excluding carboxylic acids is 2. The van der Waals surface area contributed by atoms with Crippen molar-refractivity contribution in [1.29, 1.82) is 0 Å². The Labute approximate surface area is 160 Å². The lowest BCUT2D eigenvalue weighted by molar-refractivity contribution is -0.115. The minimum atomic E-state index is -0.351. The molecule has 3 aromatic rings. The number of rotatable bonds is 4. The van der Waals surface area contributed by atoms with Gasteiger partial charge in [0.15, 0.2) is 5.75 Å². The van der Waals surface area contributed by atoms with Crippen molar-refractivity contribution in [3.63, 3.8) is 0 Å². The third-order valence-electron chi connectivity index (χ3n) is 4.86. The number of phenols is 1. The fourth-order valence-electron chi connectivity index (χ4n) is 3.46. The first-order valence-electron chi connectivity index (χ1n) is 8.95. The molecule has 1 aromatic heterocycles. The predicted octanol–water partition coefficient (Wildman–Crippen LogP) is 3.58. The van der Waals surface area contributed by atoms with Crippen LogP contribution in [0.3, 0.4) is 0 Å². The number of amides is 2. The van der Waals surface area contributed by atoms with Gasteiger partial charge in [-0.1, -0.05) is 19.1 Å². The monoisotopic (exact) mass is 379 g/mol. The summed E-state index contributed by atoms with van der Waals surface area (Å²) in [5, 5.41) is 14.1. The second-order valence-electron chi connectivity index (χ2n) is 6.67. The van der Waals surface area contributed by atoms with E-state index in [1.807, 2.05) is 0 Å². The molecule has 6 nitrogen and oxygen atoms in total. The first-order valence-corrected chi connectivity index (χ1v) is 8.95. The molecule has 2 aromatic carbocycles. The lowest BCUT2D eigenvalue weighted by Gasteiger charge is -2.16. The second-order valence-corrected chi connectivity index (χ2v) is 6.67. The average molecular weight is 379 g/mol. The summed E-state index contributed by atoms with van der Waals surface area (Å²) in [6.45, 7) is 2.23. The number of pyridine rings is 1. The Bertz CT molecular complexity index is 1100. The van der Waals surface area contributed by atoms with Crippen molar-refractivity contribution in [3.05, 3.63) is 65.1 Å². The second kappa shape index (κ2) is 6.92. The number of phenolic OH excluding ortho intramolecular Hbond substituents is 1. The van der Waals surface area contributed by atoms with Crippen LogP contribution in [0.15, 0.2) is 42.6 Å². The number of halogens is 1. The SMILES string of the molecule is CCC(=O)Nc1c2c(c(O)c3ncccc13)C(=O)N(Cc1ccc(F)cc1)C2. The molecule has 0 atom stereocenters. The van der Waals surface area contributed by atoms with Crippen molar-refractivity contribution in [3.8, 4) is 5.75 Å². The fourth-order valence-corrected chi connectivity index (χ4v) is 3.46. The Kier molecular flexibility index (Phi) is 4.43. The molecule has 0 saturated carbocycles. The number of hydrogen-bond acceptors (Lipinski definition) is 4. The van der Waals surface area contributed by atoms with Crippen molar-refractivity contribution >= 4 is 28.4 Å². The van der Waals surface area contributed by atoms with Crippen LogP contribution in [0, 0.1) is 5.82 Å². The van der Waals surface area contributed by atoms with Gasteiger partial charge in [-0.3, -0.25) is 14.6 Å². The normalized spacial score (nSPS) is 13.1. The molecule has 1 aliphatic rings. The maximum atomic E-state index is 13.2. The first-order chi connectivity index (χ1) is 13.5. The number of benzene rings is 2. The van der Waals surface area contributed by atoms with Gasteiger partial charge >= 0.3 is 0 Å². The Hall–Kier alpha value is -3.48. The van der Waals surface area contributed by atoms with Crippen LogP contribution < -0.4 is 5.32 Å². The summed E-state index contributed by atoms with van der Waals surface area (Å²) in [7, 11) is 0. The van der Waals surface area contributed by atoms with Crippen LogP contribution in [0.2, 0.25) is 0 Å². The van der Waals surface area contributed by atoms with Crippen molar-refractivity contribution in [2.75, 3.05) is 5.32 Å². The Morgan fingerprint density at radius 2 is 2.04 bits per heavy atom. The van der Waals surface area contributed by atoms with Gasteiger partial charge in [0.05, 0.1) is 11.3 Å². The van der Waals surface area contributed by atoms with E-state index in [1.54, 1.807) is 36.1 Å². The Balaban J connectivity index is 1.80. The third-order valence-corrected chi connectivity index (χ3v) is 4.86. The molecular formula is C21H18FN3O3. The largest absolute Gasteiger partial charge is 0.505 e. The molecule has 1 aliphatic heterocycles. The van der Waals surface area contributed by atoms with Gasteiger partial charge in [-0.25, -0.2) is 4.39 Å². The summed E-state index contributed by atoms with van der Waals surface area (Å²) in [5.41, 5.74) is 2.25. The van der Waals surface area contributed by atoms with Gasteiger partial charge in [0.1, 0.15) is 11.3 Å². The average Bonchev–Trinajstić information content (AvgIpc) is 3.03. The molecule has 4 rings (SSSR count). The zero-order chi connectivity index (χ0) is 19.8. The van der Waals surface area contributed by atoms with E-state index in [9.17, 15) is 19.1 Å². The summed E-state index contributed by atoms with van der Waals surface area (Å²) in [6, 6.07) is 9.37. The minimum absolute atomic E-state index is 0.153. The highest BCUT2D eigenvalue weighted by Crippen LogP contribution is 2.42. The van der Waals surface area contributed by atoms with Gasteiger partial charge in [-0.05, 0) is 29.8 Å². The van der Waals surface area contributed by atoms with Crippen molar-refractivity contribution in [2.45, 2.75) is 26.4 Å². The number of aromatic nitrogens is 1. The third kappa shape index (κ3) is 2.94. The number of anilines is 1. The molecule has 0 fully saturated rings. The van der Waals surface area contributed by atoms with E-state index in [-0.39, 0.29) is 54.0 Å². The fraction of sp³-hybridized carbons (Fsp3) is 0.190. The molecule has 0 saturated heterocycles. The van der Waals surface area contributed by atoms with E-state index in [4.69, 9.17) is 0 Å². The maximum absolute atomic E-state index is 13.2. The number of aromatic hydroxyl groups is 1. The van der Waals surface area contributed by atoms with Gasteiger partial charge in [0.2, 0.25) is 5.91 Å². The molecule has 0 radical (unpaired) electrons. The molecule has 7 heteroatoms. The van der Waals surface area contributed by atoms with Crippen LogP contribution in [-0.4, -0.2) is 26.8 Å². The number of hydrogen-bond donors (Lipinski definition) is 2. The Morgan fingerprint density at radius 1 is 1.29 bits per heavy atom. The van der Waals surface area contributed by atoms with Crippen molar-refractivity contribution in [1.82, 2.24) is 9.88 Å². The topological polar surface area (TPSA) is 82.5 Å². The summed E-state index contributed by atoms with van der Waals surface area (Å²) in [5.74, 6) is -1.08. The van der Waals surface area contributed by atoms with Crippen LogP contribution in [0.5, 0.6) is 5.75 Å². The number of carbonyl (C=O) groups is 2. The quantitative estimate of drug-likeness (QED) is 0.679. The van der Waals surface area contributed by atoms with E-state index in [2.05, 4.69) is 10.3 Å². The summed E-state index contributed by atoms with van der Waals surface area (Å²) in [4.78, 5) is 30.8. The smallest absolute Gasteiger partial charge is 0.258 e. The molecule has 142 valence electrons. The molecule has 0 aliphatic carbocycles. The summed E-state index contributed by atoms with van der Waals surface area (Å²) < 4.78 is 13.2. The van der Waals surface area contributed by atoms with Crippen molar-refractivity contribution in [2.24, 2.45) is 0 Å². The molecule has 0 bridgehead atoms. The van der Waals surface area contributed by atoms with E-state index < -0.39 is 0 Å². The van der Waals surface area contributed by atoms with Crippen LogP contribution >= 0.6 is 0 Å². The predicted molar refractivity (Wildman–Crippen MR) is 102 cm³/mol. The maximum Gasteiger partial charge on any atom is 0.258 e. The molecule has 2 heterocycles. The standard InChI is InChI=1S/C21H18FN3O3/c1-2-16(26)24-18-14-4-3-9-23-19(14)20(27)17-15(18)11-25(21(17)28)10-12-5-7-13(22)8-6-12/h3-9,27H,2,10-11H2,1H3,(H,24,26). The highest BCUT2D eigenvalue weighted by molar-refractivity contribution is 6.13. The first kappa shape index (κ1) is 17.9. The summed E-state index contributed by atoms with van der Waals surface area (Å²) >= 11 is 0. The summed E-state index contributed by atoms with van der Waals surface area (Å²) in [6.07, 6.45) is 1.81. The molecule has 0 spiro atoms. The van der Waals surface area contributed by atoms with Crippen LogP contribution in [0.25, 0.3) is 10.9 Å². The molecule has 2 N–H and O–H groups in total. The van der Waals surface area contributed by atoms with E-state index in [1.165, 1.54) is 18.3 Å². The number of nitrogens with one attached hydrogen (secondary N) is 1.